The van der Waals surface area contributed by atoms with Gasteiger partial charge in [-0.3, -0.25) is 0 Å². The molecule has 0 radical (unpaired) electrons. The third-order valence-corrected chi connectivity index (χ3v) is 44.1. The van der Waals surface area contributed by atoms with E-state index in [1.165, 1.54) is 0 Å². The number of hydrogen-bond acceptors (Lipinski definition) is 1. The van der Waals surface area contributed by atoms with E-state index in [1.54, 1.807) is 0 Å². The molecule has 0 atom stereocenters. The van der Waals surface area contributed by atoms with Gasteiger partial charge in [-0.1, -0.05) is 0 Å². The molecule has 0 fully saturated rings. The van der Waals surface area contributed by atoms with E-state index in [0.29, 0.717) is 0 Å². The van der Waals surface area contributed by atoms with Gasteiger partial charge in [0.1, 0.15) is 0 Å². The monoisotopic (exact) mass is 334 g/mol. The third kappa shape index (κ3) is 7.99. The Balaban J connectivity index is 2.95. The van der Waals surface area contributed by atoms with Crippen molar-refractivity contribution in [2.24, 2.45) is 0 Å². The Morgan fingerprint density at radius 2 is 1.14 bits per heavy atom. The van der Waals surface area contributed by atoms with Crippen molar-refractivity contribution in [3.63, 3.8) is 0 Å². The molecular formula is C4H12SSb2. The fraction of sp³-hybridized carbons (Fsp3) is 1.00. The van der Waals surface area contributed by atoms with Crippen LogP contribution in [0.3, 0.4) is 0 Å². The standard InChI is InChI=1S/4CH3.S.2Sb/h4*1H3;;;. The summed E-state index contributed by atoms with van der Waals surface area (Å²) in [5, 5.41) is 0. The van der Waals surface area contributed by atoms with Gasteiger partial charge >= 0.3 is 63.0 Å². The molecule has 0 spiro atoms. The van der Waals surface area contributed by atoms with Gasteiger partial charge in [0, 0.05) is 0 Å². The van der Waals surface area contributed by atoms with Crippen LogP contribution in [0.25, 0.3) is 0 Å². The van der Waals surface area contributed by atoms with Crippen LogP contribution in [0.15, 0.2) is 0 Å². The maximum absolute atomic E-state index is 2.46. The Morgan fingerprint density at radius 1 is 0.857 bits per heavy atom. The van der Waals surface area contributed by atoms with Crippen LogP contribution in [0.4, 0.5) is 0 Å². The first-order chi connectivity index (χ1) is 3.13. The topological polar surface area (TPSA) is 0 Å². The van der Waals surface area contributed by atoms with Crippen molar-refractivity contribution in [3.05, 3.63) is 0 Å². The summed E-state index contributed by atoms with van der Waals surface area (Å²) in [7, 11) is 0. The van der Waals surface area contributed by atoms with E-state index in [1.807, 2.05) is 0 Å². The van der Waals surface area contributed by atoms with E-state index in [9.17, 15) is 0 Å². The summed E-state index contributed by atoms with van der Waals surface area (Å²) in [5.41, 5.74) is 0. The quantitative estimate of drug-likeness (QED) is 0.697. The summed E-state index contributed by atoms with van der Waals surface area (Å²) in [6, 6.07) is 0. The van der Waals surface area contributed by atoms with Gasteiger partial charge in [0.2, 0.25) is 0 Å². The average Bonchev–Trinajstić information content (AvgIpc) is 1.27. The second-order valence-electron chi connectivity index (χ2n) is 1.71. The van der Waals surface area contributed by atoms with Crippen LogP contribution < -0.4 is 0 Å². The molecule has 0 aromatic heterocycles. The Morgan fingerprint density at radius 3 is 1.14 bits per heavy atom. The molecule has 0 unspecified atom stereocenters. The molecule has 0 saturated carbocycles. The van der Waals surface area contributed by atoms with Gasteiger partial charge in [0.05, 0.1) is 0 Å². The van der Waals surface area contributed by atoms with Crippen molar-refractivity contribution >= 4 is 43.6 Å². The van der Waals surface area contributed by atoms with Gasteiger partial charge in [-0.25, -0.2) is 0 Å². The molecular weight excluding hydrogens is 324 g/mol. The van der Waals surface area contributed by atoms with Crippen molar-refractivity contribution < 1.29 is 0 Å². The minimum absolute atomic E-state index is 0.583. The van der Waals surface area contributed by atoms with Gasteiger partial charge in [-0.2, -0.15) is 0 Å². The first-order valence-corrected chi connectivity index (χ1v) is 19.3. The summed E-state index contributed by atoms with van der Waals surface area (Å²) < 4.78 is 0. The van der Waals surface area contributed by atoms with E-state index >= 15 is 0 Å². The van der Waals surface area contributed by atoms with Crippen molar-refractivity contribution in [1.82, 2.24) is 0 Å². The minimum atomic E-state index is -0.583. The average molecular weight is 336 g/mol. The van der Waals surface area contributed by atoms with E-state index in [4.69, 9.17) is 0 Å². The van der Waals surface area contributed by atoms with Crippen LogP contribution in [0.2, 0.25) is 19.5 Å². The van der Waals surface area contributed by atoms with Crippen LogP contribution in [-0.4, -0.2) is 37.6 Å². The first-order valence-electron chi connectivity index (χ1n) is 2.15. The van der Waals surface area contributed by atoms with Crippen LogP contribution in [0, 0.1) is 0 Å². The summed E-state index contributed by atoms with van der Waals surface area (Å²) >= 11 is -1.17. The van der Waals surface area contributed by atoms with Gasteiger partial charge < -0.3 is 0 Å². The molecule has 0 rings (SSSR count). The zero-order valence-electron chi connectivity index (χ0n) is 5.30. The second kappa shape index (κ2) is 4.83. The third-order valence-electron chi connectivity index (χ3n) is 0.327. The molecule has 3 heteroatoms. The number of hydrogen-bond donors (Lipinski definition) is 0. The molecule has 0 aromatic carbocycles. The molecule has 0 heterocycles. The van der Waals surface area contributed by atoms with Crippen LogP contribution in [0.5, 0.6) is 0 Å². The fourth-order valence-corrected chi connectivity index (χ4v) is 44.1. The van der Waals surface area contributed by atoms with Crippen LogP contribution >= 0.6 is 5.94 Å². The molecule has 0 aromatic rings. The van der Waals surface area contributed by atoms with Crippen molar-refractivity contribution in [3.8, 4) is 0 Å². The maximum atomic E-state index is 2.46. The normalized spacial score (nSPS) is 11.1. The SMILES string of the molecule is [CH3][Sb]([CH3])[S][Sb]([CH3])[CH3]. The van der Waals surface area contributed by atoms with E-state index < -0.39 is 37.6 Å². The summed E-state index contributed by atoms with van der Waals surface area (Å²) in [5.74, 6) is 2.38. The molecule has 0 amide bonds. The number of rotatable bonds is 2. The van der Waals surface area contributed by atoms with Gasteiger partial charge in [-0.15, -0.1) is 0 Å². The molecule has 0 aliphatic heterocycles. The Bertz CT molecular complexity index is 39.0. The molecule has 0 saturated heterocycles. The zero-order valence-corrected chi connectivity index (χ0v) is 11.2. The molecule has 0 aliphatic carbocycles. The van der Waals surface area contributed by atoms with E-state index in [2.05, 4.69) is 25.4 Å². The molecule has 0 aliphatic rings. The van der Waals surface area contributed by atoms with E-state index in [0.717, 1.165) is 0 Å². The summed E-state index contributed by atoms with van der Waals surface area (Å²) in [4.78, 5) is 9.82. The van der Waals surface area contributed by atoms with Gasteiger partial charge in [0.25, 0.3) is 0 Å². The van der Waals surface area contributed by atoms with E-state index in [-0.39, 0.29) is 0 Å². The van der Waals surface area contributed by atoms with Crippen LogP contribution in [0.1, 0.15) is 0 Å². The van der Waals surface area contributed by atoms with Crippen LogP contribution in [-0.2, 0) is 0 Å². The van der Waals surface area contributed by atoms with Gasteiger partial charge in [-0.05, 0) is 0 Å². The first kappa shape index (κ1) is 8.99. The molecule has 0 bridgehead atoms. The second-order valence-corrected chi connectivity index (χ2v) is 31.7. The fourth-order valence-electron chi connectivity index (χ4n) is 0.327. The predicted octanol–water partition coefficient (Wildman–Crippen LogP) is 2.22. The Hall–Kier alpha value is 1.99. The zero-order chi connectivity index (χ0) is 5.86. The van der Waals surface area contributed by atoms with Crippen molar-refractivity contribution in [2.75, 3.05) is 0 Å². The predicted molar refractivity (Wildman–Crippen MR) is 42.6 cm³/mol. The summed E-state index contributed by atoms with van der Waals surface area (Å²) in [6.07, 6.45) is 0. The van der Waals surface area contributed by atoms with Crippen molar-refractivity contribution in [1.29, 1.82) is 0 Å². The van der Waals surface area contributed by atoms with Crippen molar-refractivity contribution in [2.45, 2.75) is 19.5 Å². The molecule has 0 nitrogen and oxygen atoms in total. The molecule has 44 valence electrons. The summed E-state index contributed by atoms with van der Waals surface area (Å²) in [6.45, 7) is 0. The molecule has 7 heavy (non-hydrogen) atoms. The Kier molecular flexibility index (Phi) is 6.20. The van der Waals surface area contributed by atoms with Gasteiger partial charge in [0.15, 0.2) is 0 Å². The molecule has 0 N–H and O–H groups in total. The Labute approximate surface area is 62.2 Å².